The summed E-state index contributed by atoms with van der Waals surface area (Å²) in [5, 5.41) is 1.85. The van der Waals surface area contributed by atoms with Gasteiger partial charge in [0.15, 0.2) is 12.4 Å². The van der Waals surface area contributed by atoms with E-state index in [1.807, 2.05) is 18.2 Å². The van der Waals surface area contributed by atoms with Gasteiger partial charge in [0, 0.05) is 15.3 Å². The summed E-state index contributed by atoms with van der Waals surface area (Å²) in [7, 11) is 0. The number of furan rings is 1. The molecule has 25 heavy (non-hydrogen) atoms. The van der Waals surface area contributed by atoms with E-state index >= 15 is 0 Å². The van der Waals surface area contributed by atoms with Gasteiger partial charge in [-0.15, -0.1) is 11.8 Å². The molecule has 1 aromatic heterocycles. The van der Waals surface area contributed by atoms with Crippen molar-refractivity contribution in [1.82, 2.24) is 0 Å². The van der Waals surface area contributed by atoms with Crippen LogP contribution in [0.25, 0.3) is 11.0 Å². The lowest BCUT2D eigenvalue weighted by molar-refractivity contribution is -0.139. The van der Waals surface area contributed by atoms with Crippen LogP contribution < -0.4 is 0 Å². The highest BCUT2D eigenvalue weighted by Gasteiger charge is 2.15. The number of rotatable bonds is 6. The normalized spacial score (nSPS) is 10.8. The molecule has 0 aliphatic carbocycles. The van der Waals surface area contributed by atoms with Gasteiger partial charge in [-0.25, -0.2) is 0 Å². The van der Waals surface area contributed by atoms with Crippen LogP contribution in [-0.2, 0) is 9.53 Å². The van der Waals surface area contributed by atoms with Gasteiger partial charge >= 0.3 is 5.97 Å². The zero-order valence-electron chi connectivity index (χ0n) is 12.8. The predicted octanol–water partition coefficient (Wildman–Crippen LogP) is 5.26. The number of hydrogen-bond acceptors (Lipinski definition) is 5. The molecule has 1 heterocycles. The van der Waals surface area contributed by atoms with E-state index in [1.165, 1.54) is 11.8 Å². The number of carbonyl (C=O) groups excluding carboxylic acids is 2. The highest BCUT2D eigenvalue weighted by atomic mass is 35.5. The molecule has 0 spiro atoms. The average molecular weight is 395 g/mol. The van der Waals surface area contributed by atoms with Crippen LogP contribution in [0.2, 0.25) is 10.0 Å². The number of ketones is 1. The lowest BCUT2D eigenvalue weighted by Gasteiger charge is -2.05. The first-order valence-corrected chi connectivity index (χ1v) is 9.02. The number of halogens is 2. The van der Waals surface area contributed by atoms with E-state index in [0.717, 1.165) is 5.39 Å². The minimum Gasteiger partial charge on any atom is -0.457 e. The molecule has 128 valence electrons. The smallest absolute Gasteiger partial charge is 0.316 e. The molecule has 0 radical (unpaired) electrons. The molecule has 3 rings (SSSR count). The maximum atomic E-state index is 12.1. The number of para-hydroxylation sites is 1. The monoisotopic (exact) mass is 394 g/mol. The summed E-state index contributed by atoms with van der Waals surface area (Å²) in [5.41, 5.74) is 0.614. The van der Waals surface area contributed by atoms with Crippen molar-refractivity contribution in [3.63, 3.8) is 0 Å². The van der Waals surface area contributed by atoms with Crippen LogP contribution >= 0.6 is 35.0 Å². The largest absolute Gasteiger partial charge is 0.457 e. The van der Waals surface area contributed by atoms with Crippen molar-refractivity contribution in [2.45, 2.75) is 4.90 Å². The van der Waals surface area contributed by atoms with E-state index in [2.05, 4.69) is 0 Å². The van der Waals surface area contributed by atoms with Crippen LogP contribution in [-0.4, -0.2) is 24.1 Å². The minimum absolute atomic E-state index is 0.0213. The van der Waals surface area contributed by atoms with Crippen molar-refractivity contribution in [1.29, 1.82) is 0 Å². The second kappa shape index (κ2) is 7.95. The summed E-state index contributed by atoms with van der Waals surface area (Å²) in [5.74, 6) is -0.728. The molecule has 0 aliphatic heterocycles. The third-order valence-corrected chi connectivity index (χ3v) is 5.01. The maximum Gasteiger partial charge on any atom is 0.316 e. The molecule has 0 saturated carbocycles. The maximum absolute atomic E-state index is 12.1. The topological polar surface area (TPSA) is 56.5 Å². The van der Waals surface area contributed by atoms with Crippen molar-refractivity contribution in [3.8, 4) is 0 Å². The predicted molar refractivity (Wildman–Crippen MR) is 98.7 cm³/mol. The van der Waals surface area contributed by atoms with Crippen LogP contribution in [0.15, 0.2) is 57.8 Å². The summed E-state index contributed by atoms with van der Waals surface area (Å²) in [6, 6.07) is 13.9. The molecule has 7 heteroatoms. The van der Waals surface area contributed by atoms with Gasteiger partial charge in [-0.1, -0.05) is 41.4 Å². The summed E-state index contributed by atoms with van der Waals surface area (Å²) in [6.07, 6.45) is 0. The Morgan fingerprint density at radius 1 is 1.08 bits per heavy atom. The van der Waals surface area contributed by atoms with Crippen molar-refractivity contribution < 1.29 is 18.7 Å². The molecular weight excluding hydrogens is 383 g/mol. The van der Waals surface area contributed by atoms with E-state index in [4.69, 9.17) is 32.4 Å². The van der Waals surface area contributed by atoms with Gasteiger partial charge in [0.25, 0.3) is 0 Å². The summed E-state index contributed by atoms with van der Waals surface area (Å²) in [4.78, 5) is 24.6. The number of ether oxygens (including phenoxy) is 1. The first kappa shape index (κ1) is 17.9. The highest BCUT2D eigenvalue weighted by Crippen LogP contribution is 2.29. The van der Waals surface area contributed by atoms with E-state index in [9.17, 15) is 9.59 Å². The SMILES string of the molecule is O=C(CSc1cc(Cl)ccc1Cl)OCC(=O)c1cc2ccccc2o1. The lowest BCUT2D eigenvalue weighted by atomic mass is 10.2. The first-order chi connectivity index (χ1) is 12.0. The number of thioether (sulfide) groups is 1. The van der Waals surface area contributed by atoms with Gasteiger partial charge < -0.3 is 9.15 Å². The fourth-order valence-electron chi connectivity index (χ4n) is 2.10. The Morgan fingerprint density at radius 2 is 1.88 bits per heavy atom. The van der Waals surface area contributed by atoms with Crippen LogP contribution in [0.1, 0.15) is 10.6 Å². The Morgan fingerprint density at radius 3 is 2.68 bits per heavy atom. The number of Topliss-reactive ketones (excluding diaryl/α,β-unsaturated/α-hetero) is 1. The molecule has 0 amide bonds. The molecule has 0 fully saturated rings. The molecule has 0 unspecified atom stereocenters. The standard InChI is InChI=1S/C18H12Cl2O4S/c19-12-5-6-13(20)17(8-12)25-10-18(22)23-9-14(21)16-7-11-3-1-2-4-15(11)24-16/h1-8H,9-10H2. The number of hydrogen-bond donors (Lipinski definition) is 0. The number of fused-ring (bicyclic) bond motifs is 1. The number of benzene rings is 2. The highest BCUT2D eigenvalue weighted by molar-refractivity contribution is 8.00. The van der Waals surface area contributed by atoms with Crippen LogP contribution in [0.4, 0.5) is 0 Å². The molecule has 0 aliphatic rings. The van der Waals surface area contributed by atoms with Gasteiger partial charge in [-0.3, -0.25) is 9.59 Å². The quantitative estimate of drug-likeness (QED) is 0.324. The molecule has 0 saturated heterocycles. The van der Waals surface area contributed by atoms with Gasteiger partial charge in [0.2, 0.25) is 5.78 Å². The van der Waals surface area contributed by atoms with Gasteiger partial charge in [0.05, 0.1) is 10.8 Å². The zero-order chi connectivity index (χ0) is 17.8. The Kier molecular flexibility index (Phi) is 5.68. The Bertz CT molecular complexity index is 903. The zero-order valence-corrected chi connectivity index (χ0v) is 15.2. The van der Waals surface area contributed by atoms with Crippen LogP contribution in [0.5, 0.6) is 0 Å². The van der Waals surface area contributed by atoms with Crippen molar-refractivity contribution in [3.05, 3.63) is 64.3 Å². The molecule has 0 atom stereocenters. The summed E-state index contributed by atoms with van der Waals surface area (Å²) >= 11 is 13.1. The van der Waals surface area contributed by atoms with E-state index < -0.39 is 11.8 Å². The van der Waals surface area contributed by atoms with Crippen LogP contribution in [0.3, 0.4) is 0 Å². The van der Waals surface area contributed by atoms with E-state index in [0.29, 0.717) is 20.5 Å². The summed E-state index contributed by atoms with van der Waals surface area (Å²) < 4.78 is 10.4. The molecule has 4 nitrogen and oxygen atoms in total. The van der Waals surface area contributed by atoms with E-state index in [1.54, 1.807) is 30.3 Å². The summed E-state index contributed by atoms with van der Waals surface area (Å²) in [6.45, 7) is -0.373. The van der Waals surface area contributed by atoms with Crippen molar-refractivity contribution in [2.24, 2.45) is 0 Å². The van der Waals surface area contributed by atoms with Crippen molar-refractivity contribution in [2.75, 3.05) is 12.4 Å². The molecule has 2 aromatic carbocycles. The molecule has 0 bridgehead atoms. The Labute approximate surface area is 158 Å². The Hall–Kier alpha value is -1.95. The molecule has 3 aromatic rings. The molecule has 0 N–H and O–H groups in total. The second-order valence-electron chi connectivity index (χ2n) is 5.10. The third kappa shape index (κ3) is 4.57. The Balaban J connectivity index is 1.53. The fraction of sp³-hybridized carbons (Fsp3) is 0.111. The van der Waals surface area contributed by atoms with Gasteiger partial charge in [-0.05, 0) is 30.3 Å². The average Bonchev–Trinajstić information content (AvgIpc) is 3.04. The first-order valence-electron chi connectivity index (χ1n) is 7.28. The number of esters is 1. The molecular formula is C18H12Cl2O4S. The van der Waals surface area contributed by atoms with Crippen LogP contribution in [0, 0.1) is 0 Å². The van der Waals surface area contributed by atoms with Gasteiger partial charge in [0.1, 0.15) is 5.58 Å². The number of carbonyl (C=O) groups is 2. The van der Waals surface area contributed by atoms with E-state index in [-0.39, 0.29) is 18.1 Å². The lowest BCUT2D eigenvalue weighted by Crippen LogP contribution is -2.15. The fourth-order valence-corrected chi connectivity index (χ4v) is 3.39. The second-order valence-corrected chi connectivity index (χ2v) is 6.96. The third-order valence-electron chi connectivity index (χ3n) is 3.30. The van der Waals surface area contributed by atoms with Crippen molar-refractivity contribution >= 4 is 57.7 Å². The minimum atomic E-state index is -0.523. The van der Waals surface area contributed by atoms with Gasteiger partial charge in [-0.2, -0.15) is 0 Å².